The molecule has 0 aromatic carbocycles. The molecule has 5 nitrogen and oxygen atoms in total. The molecule has 0 radical (unpaired) electrons. The zero-order chi connectivity index (χ0) is 15.1. The predicted octanol–water partition coefficient (Wildman–Crippen LogP) is 2.02. The number of urea groups is 1. The standard InChI is InChI=1S/C15H29N3O2/c1-10(2)8-9-12-6-5-7-13(12)17-11(3)14(19)18-15(20)16-4/h10-13,17H,5-9H2,1-4H3,(H2,16,18,19,20). The van der Waals surface area contributed by atoms with Gasteiger partial charge in [0.1, 0.15) is 0 Å². The van der Waals surface area contributed by atoms with Crippen LogP contribution in [0.4, 0.5) is 4.79 Å². The molecule has 1 fully saturated rings. The largest absolute Gasteiger partial charge is 0.341 e. The van der Waals surface area contributed by atoms with Gasteiger partial charge in [-0.3, -0.25) is 10.1 Å². The molecule has 1 aliphatic carbocycles. The molecule has 3 amide bonds. The Hall–Kier alpha value is -1.10. The van der Waals surface area contributed by atoms with E-state index in [4.69, 9.17) is 0 Å². The minimum absolute atomic E-state index is 0.265. The Labute approximate surface area is 122 Å². The summed E-state index contributed by atoms with van der Waals surface area (Å²) < 4.78 is 0. The molecule has 1 rings (SSSR count). The van der Waals surface area contributed by atoms with Gasteiger partial charge in [-0.1, -0.05) is 26.7 Å². The average Bonchev–Trinajstić information content (AvgIpc) is 2.83. The lowest BCUT2D eigenvalue weighted by Crippen LogP contribution is -2.50. The zero-order valence-electron chi connectivity index (χ0n) is 13.2. The van der Waals surface area contributed by atoms with E-state index >= 15 is 0 Å². The van der Waals surface area contributed by atoms with E-state index in [1.54, 1.807) is 0 Å². The second-order valence-corrected chi connectivity index (χ2v) is 6.23. The summed E-state index contributed by atoms with van der Waals surface area (Å²) in [6.45, 7) is 6.31. The van der Waals surface area contributed by atoms with E-state index in [1.807, 2.05) is 6.92 Å². The van der Waals surface area contributed by atoms with Crippen molar-refractivity contribution in [3.63, 3.8) is 0 Å². The van der Waals surface area contributed by atoms with Crippen LogP contribution in [0.15, 0.2) is 0 Å². The van der Waals surface area contributed by atoms with E-state index in [0.717, 1.165) is 12.3 Å². The van der Waals surface area contributed by atoms with Crippen molar-refractivity contribution in [3.05, 3.63) is 0 Å². The van der Waals surface area contributed by atoms with Crippen LogP contribution in [0.1, 0.15) is 52.9 Å². The van der Waals surface area contributed by atoms with E-state index in [1.165, 1.54) is 32.7 Å². The van der Waals surface area contributed by atoms with Crippen LogP contribution in [0.5, 0.6) is 0 Å². The Balaban J connectivity index is 2.41. The van der Waals surface area contributed by atoms with Crippen LogP contribution < -0.4 is 16.0 Å². The van der Waals surface area contributed by atoms with Crippen LogP contribution in [0.3, 0.4) is 0 Å². The molecule has 3 atom stereocenters. The lowest BCUT2D eigenvalue weighted by Gasteiger charge is -2.25. The van der Waals surface area contributed by atoms with Gasteiger partial charge < -0.3 is 10.6 Å². The van der Waals surface area contributed by atoms with Crippen LogP contribution >= 0.6 is 0 Å². The Bertz CT molecular complexity index is 331. The van der Waals surface area contributed by atoms with Crippen molar-refractivity contribution in [2.24, 2.45) is 11.8 Å². The quantitative estimate of drug-likeness (QED) is 0.698. The van der Waals surface area contributed by atoms with Crippen molar-refractivity contribution in [2.75, 3.05) is 7.05 Å². The molecule has 5 heteroatoms. The van der Waals surface area contributed by atoms with Crippen molar-refractivity contribution in [1.29, 1.82) is 0 Å². The maximum Gasteiger partial charge on any atom is 0.321 e. The fourth-order valence-corrected chi connectivity index (χ4v) is 2.83. The van der Waals surface area contributed by atoms with Gasteiger partial charge in [0.05, 0.1) is 6.04 Å². The van der Waals surface area contributed by atoms with Crippen molar-refractivity contribution in [2.45, 2.75) is 65.0 Å². The fraction of sp³-hybridized carbons (Fsp3) is 0.867. The van der Waals surface area contributed by atoms with Crippen LogP contribution in [0, 0.1) is 11.8 Å². The first-order chi connectivity index (χ1) is 9.43. The zero-order valence-corrected chi connectivity index (χ0v) is 13.2. The molecule has 0 aliphatic heterocycles. The summed E-state index contributed by atoms with van der Waals surface area (Å²) in [5, 5.41) is 8.09. The van der Waals surface area contributed by atoms with Crippen molar-refractivity contribution in [3.8, 4) is 0 Å². The van der Waals surface area contributed by atoms with Crippen LogP contribution in [0.25, 0.3) is 0 Å². The third-order valence-electron chi connectivity index (χ3n) is 4.10. The Morgan fingerprint density at radius 2 is 1.90 bits per heavy atom. The highest BCUT2D eigenvalue weighted by Gasteiger charge is 2.29. The second kappa shape index (κ2) is 8.25. The van der Waals surface area contributed by atoms with Gasteiger partial charge in [0.2, 0.25) is 5.91 Å². The smallest absolute Gasteiger partial charge is 0.321 e. The monoisotopic (exact) mass is 283 g/mol. The number of amides is 3. The van der Waals surface area contributed by atoms with Crippen LogP contribution in [-0.2, 0) is 4.79 Å². The Kier molecular flexibility index (Phi) is 6.99. The van der Waals surface area contributed by atoms with E-state index in [2.05, 4.69) is 29.8 Å². The number of carbonyl (C=O) groups is 2. The third-order valence-corrected chi connectivity index (χ3v) is 4.10. The van der Waals surface area contributed by atoms with Gasteiger partial charge in [0.25, 0.3) is 0 Å². The number of carbonyl (C=O) groups excluding carboxylic acids is 2. The van der Waals surface area contributed by atoms with Gasteiger partial charge in [-0.05, 0) is 38.0 Å². The lowest BCUT2D eigenvalue weighted by atomic mass is 9.93. The number of rotatable bonds is 6. The van der Waals surface area contributed by atoms with Gasteiger partial charge >= 0.3 is 6.03 Å². The first-order valence-corrected chi connectivity index (χ1v) is 7.72. The highest BCUT2D eigenvalue weighted by atomic mass is 16.2. The summed E-state index contributed by atoms with van der Waals surface area (Å²) in [4.78, 5) is 23.0. The van der Waals surface area contributed by atoms with E-state index < -0.39 is 6.03 Å². The van der Waals surface area contributed by atoms with E-state index in [-0.39, 0.29) is 11.9 Å². The molecule has 0 aromatic heterocycles. The minimum Gasteiger partial charge on any atom is -0.341 e. The summed E-state index contributed by atoms with van der Waals surface area (Å²) in [7, 11) is 1.50. The molecule has 1 aliphatic rings. The first kappa shape index (κ1) is 17.0. The maximum atomic E-state index is 11.8. The topological polar surface area (TPSA) is 70.2 Å². The van der Waals surface area contributed by atoms with Gasteiger partial charge in [0.15, 0.2) is 0 Å². The fourth-order valence-electron chi connectivity index (χ4n) is 2.83. The molecule has 3 N–H and O–H groups in total. The summed E-state index contributed by atoms with van der Waals surface area (Å²) in [5.74, 6) is 1.12. The van der Waals surface area contributed by atoms with Gasteiger partial charge in [-0.2, -0.15) is 0 Å². The highest BCUT2D eigenvalue weighted by molar-refractivity contribution is 5.96. The second-order valence-electron chi connectivity index (χ2n) is 6.23. The van der Waals surface area contributed by atoms with Crippen molar-refractivity contribution in [1.82, 2.24) is 16.0 Å². The summed E-state index contributed by atoms with van der Waals surface area (Å²) >= 11 is 0. The molecule has 0 aromatic rings. The average molecular weight is 283 g/mol. The van der Waals surface area contributed by atoms with Crippen LogP contribution in [-0.4, -0.2) is 31.1 Å². The minimum atomic E-state index is -0.452. The van der Waals surface area contributed by atoms with Gasteiger partial charge in [-0.25, -0.2) is 4.79 Å². The van der Waals surface area contributed by atoms with Gasteiger partial charge in [0, 0.05) is 13.1 Å². The lowest BCUT2D eigenvalue weighted by molar-refractivity contribution is -0.121. The number of imide groups is 1. The third kappa shape index (κ3) is 5.49. The SMILES string of the molecule is CNC(=O)NC(=O)C(C)NC1CCCC1CCC(C)C. The number of nitrogens with one attached hydrogen (secondary N) is 3. The summed E-state index contributed by atoms with van der Waals surface area (Å²) in [6, 6.07) is -0.387. The molecular formula is C15H29N3O2. The van der Waals surface area contributed by atoms with Crippen LogP contribution in [0.2, 0.25) is 0 Å². The molecule has 0 spiro atoms. The van der Waals surface area contributed by atoms with Crippen molar-refractivity contribution < 1.29 is 9.59 Å². The molecule has 0 bridgehead atoms. The molecule has 116 valence electrons. The van der Waals surface area contributed by atoms with Gasteiger partial charge in [-0.15, -0.1) is 0 Å². The predicted molar refractivity (Wildman–Crippen MR) is 80.4 cm³/mol. The van der Waals surface area contributed by atoms with E-state index in [0.29, 0.717) is 12.0 Å². The Morgan fingerprint density at radius 1 is 1.20 bits per heavy atom. The van der Waals surface area contributed by atoms with E-state index in [9.17, 15) is 9.59 Å². The summed E-state index contributed by atoms with van der Waals surface area (Å²) in [6.07, 6.45) is 6.06. The summed E-state index contributed by atoms with van der Waals surface area (Å²) in [5.41, 5.74) is 0. The molecular weight excluding hydrogens is 254 g/mol. The molecule has 1 saturated carbocycles. The maximum absolute atomic E-state index is 11.8. The first-order valence-electron chi connectivity index (χ1n) is 7.72. The Morgan fingerprint density at radius 3 is 2.50 bits per heavy atom. The normalized spacial score (nSPS) is 23.6. The number of hydrogen-bond acceptors (Lipinski definition) is 3. The molecule has 0 heterocycles. The highest BCUT2D eigenvalue weighted by Crippen LogP contribution is 2.30. The molecule has 0 saturated heterocycles. The molecule has 3 unspecified atom stereocenters. The van der Waals surface area contributed by atoms with Crippen molar-refractivity contribution >= 4 is 11.9 Å². The molecule has 20 heavy (non-hydrogen) atoms. The number of hydrogen-bond donors (Lipinski definition) is 3.